The maximum atomic E-state index is 11.6. The van der Waals surface area contributed by atoms with Crippen LogP contribution in [-0.2, 0) is 19.1 Å². The first-order valence-electron chi connectivity index (χ1n) is 5.50. The first-order valence-corrected chi connectivity index (χ1v) is 5.50. The van der Waals surface area contributed by atoms with Gasteiger partial charge in [-0.1, -0.05) is 26.7 Å². The van der Waals surface area contributed by atoms with E-state index in [1.807, 2.05) is 13.8 Å². The van der Waals surface area contributed by atoms with E-state index in [-0.39, 0.29) is 0 Å². The number of rotatable bonds is 6. The third-order valence-corrected chi connectivity index (χ3v) is 2.23. The normalized spacial score (nSPS) is 11.8. The van der Waals surface area contributed by atoms with E-state index in [1.165, 1.54) is 14.2 Å². The molecule has 0 saturated heterocycles. The molecule has 0 atom stereocenters. The van der Waals surface area contributed by atoms with E-state index < -0.39 is 11.9 Å². The summed E-state index contributed by atoms with van der Waals surface area (Å²) >= 11 is 0. The Bertz CT molecular complexity index is 251. The molecule has 16 heavy (non-hydrogen) atoms. The van der Waals surface area contributed by atoms with Crippen molar-refractivity contribution in [3.05, 3.63) is 11.1 Å². The molecule has 92 valence electrons. The lowest BCUT2D eigenvalue weighted by Gasteiger charge is -2.10. The Balaban J connectivity index is 5.24. The van der Waals surface area contributed by atoms with Gasteiger partial charge >= 0.3 is 11.9 Å². The second-order valence-corrected chi connectivity index (χ2v) is 3.44. The van der Waals surface area contributed by atoms with Crippen LogP contribution in [0.4, 0.5) is 0 Å². The highest BCUT2D eigenvalue weighted by atomic mass is 16.5. The molecule has 0 saturated carbocycles. The molecule has 0 aromatic heterocycles. The molecule has 0 unspecified atom stereocenters. The average Bonchev–Trinajstić information content (AvgIpc) is 2.31. The molecule has 4 nitrogen and oxygen atoms in total. The molecule has 0 fully saturated rings. The fourth-order valence-corrected chi connectivity index (χ4v) is 1.50. The van der Waals surface area contributed by atoms with E-state index in [0.29, 0.717) is 24.0 Å². The molecule has 0 aliphatic carbocycles. The molecule has 0 bridgehead atoms. The van der Waals surface area contributed by atoms with Crippen LogP contribution in [0.25, 0.3) is 0 Å². The van der Waals surface area contributed by atoms with Crippen LogP contribution in [0.3, 0.4) is 0 Å². The SMILES string of the molecule is CCC/C(C(=O)OC)=C(/CCC)C(=O)OC. The molecule has 0 aliphatic heterocycles. The molecule has 4 heteroatoms. The van der Waals surface area contributed by atoms with Gasteiger partial charge in [0.1, 0.15) is 0 Å². The van der Waals surface area contributed by atoms with Gasteiger partial charge < -0.3 is 9.47 Å². The standard InChI is InChI=1S/C12H20O4/c1-5-7-9(11(13)15-3)10(8-6-2)12(14)16-4/h5-8H2,1-4H3/b10-9+. The molecule has 0 aromatic carbocycles. The lowest BCUT2D eigenvalue weighted by Crippen LogP contribution is -2.14. The van der Waals surface area contributed by atoms with E-state index in [4.69, 9.17) is 0 Å². The summed E-state index contributed by atoms with van der Waals surface area (Å²) in [5, 5.41) is 0. The molecule has 0 aromatic rings. The summed E-state index contributed by atoms with van der Waals surface area (Å²) in [5.41, 5.74) is 0.886. The molecular weight excluding hydrogens is 208 g/mol. The Hall–Kier alpha value is -1.32. The van der Waals surface area contributed by atoms with E-state index in [2.05, 4.69) is 9.47 Å². The molecule has 0 heterocycles. The first kappa shape index (κ1) is 14.7. The van der Waals surface area contributed by atoms with Crippen molar-refractivity contribution in [1.82, 2.24) is 0 Å². The van der Waals surface area contributed by atoms with Crippen molar-refractivity contribution in [2.24, 2.45) is 0 Å². The predicted molar refractivity (Wildman–Crippen MR) is 60.9 cm³/mol. The van der Waals surface area contributed by atoms with Crippen LogP contribution >= 0.6 is 0 Å². The summed E-state index contributed by atoms with van der Waals surface area (Å²) < 4.78 is 9.36. The van der Waals surface area contributed by atoms with E-state index in [9.17, 15) is 9.59 Å². The van der Waals surface area contributed by atoms with Crippen LogP contribution in [0.1, 0.15) is 39.5 Å². The van der Waals surface area contributed by atoms with Crippen molar-refractivity contribution < 1.29 is 19.1 Å². The molecule has 0 amide bonds. The van der Waals surface area contributed by atoms with Crippen molar-refractivity contribution in [1.29, 1.82) is 0 Å². The van der Waals surface area contributed by atoms with Crippen molar-refractivity contribution in [3.63, 3.8) is 0 Å². The molecule has 0 aliphatic rings. The highest BCUT2D eigenvalue weighted by Gasteiger charge is 2.20. The summed E-state index contributed by atoms with van der Waals surface area (Å²) in [7, 11) is 2.64. The van der Waals surface area contributed by atoms with Gasteiger partial charge in [-0.2, -0.15) is 0 Å². The minimum atomic E-state index is -0.435. The molecule has 0 N–H and O–H groups in total. The lowest BCUT2D eigenvalue weighted by molar-refractivity contribution is -0.139. The van der Waals surface area contributed by atoms with Gasteiger partial charge in [0.15, 0.2) is 0 Å². The molecule has 0 spiro atoms. The van der Waals surface area contributed by atoms with Crippen LogP contribution in [0.2, 0.25) is 0 Å². The van der Waals surface area contributed by atoms with Gasteiger partial charge in [-0.25, -0.2) is 9.59 Å². The fraction of sp³-hybridized carbons (Fsp3) is 0.667. The maximum absolute atomic E-state index is 11.6. The zero-order valence-electron chi connectivity index (χ0n) is 10.5. The second-order valence-electron chi connectivity index (χ2n) is 3.44. The Kier molecular flexibility index (Phi) is 7.25. The predicted octanol–water partition coefficient (Wildman–Crippen LogP) is 2.23. The van der Waals surface area contributed by atoms with Crippen molar-refractivity contribution in [3.8, 4) is 0 Å². The second kappa shape index (κ2) is 7.91. The number of methoxy groups -OCH3 is 2. The van der Waals surface area contributed by atoms with Crippen LogP contribution in [0.15, 0.2) is 11.1 Å². The van der Waals surface area contributed by atoms with Gasteiger partial charge in [0.2, 0.25) is 0 Å². The third kappa shape index (κ3) is 4.04. The zero-order valence-corrected chi connectivity index (χ0v) is 10.5. The fourth-order valence-electron chi connectivity index (χ4n) is 1.50. The Morgan fingerprint density at radius 2 is 1.12 bits per heavy atom. The number of carbonyl (C=O) groups excluding carboxylic acids is 2. The van der Waals surface area contributed by atoms with Gasteiger partial charge in [-0.15, -0.1) is 0 Å². The first-order chi connectivity index (χ1) is 7.62. The largest absolute Gasteiger partial charge is 0.466 e. The lowest BCUT2D eigenvalue weighted by atomic mass is 10.00. The molecule has 0 radical (unpaired) electrons. The minimum absolute atomic E-state index is 0.435. The highest BCUT2D eigenvalue weighted by molar-refractivity contribution is 6.00. The van der Waals surface area contributed by atoms with Crippen LogP contribution < -0.4 is 0 Å². The highest BCUT2D eigenvalue weighted by Crippen LogP contribution is 2.18. The van der Waals surface area contributed by atoms with Crippen molar-refractivity contribution in [2.75, 3.05) is 14.2 Å². The van der Waals surface area contributed by atoms with Gasteiger partial charge in [0.05, 0.1) is 14.2 Å². The minimum Gasteiger partial charge on any atom is -0.466 e. The summed E-state index contributed by atoms with van der Waals surface area (Å²) in [6.45, 7) is 3.90. The van der Waals surface area contributed by atoms with E-state index >= 15 is 0 Å². The third-order valence-electron chi connectivity index (χ3n) is 2.23. The van der Waals surface area contributed by atoms with Crippen LogP contribution in [0, 0.1) is 0 Å². The monoisotopic (exact) mass is 228 g/mol. The summed E-state index contributed by atoms with van der Waals surface area (Å²) in [6.07, 6.45) is 2.65. The smallest absolute Gasteiger partial charge is 0.334 e. The van der Waals surface area contributed by atoms with Gasteiger partial charge in [0, 0.05) is 11.1 Å². The molecular formula is C12H20O4. The summed E-state index contributed by atoms with van der Waals surface area (Å²) in [4.78, 5) is 23.1. The topological polar surface area (TPSA) is 52.6 Å². The summed E-state index contributed by atoms with van der Waals surface area (Å²) in [5.74, 6) is -0.869. The Morgan fingerprint density at radius 3 is 1.31 bits per heavy atom. The van der Waals surface area contributed by atoms with Crippen molar-refractivity contribution >= 4 is 11.9 Å². The van der Waals surface area contributed by atoms with Gasteiger partial charge in [-0.3, -0.25) is 0 Å². The molecule has 0 rings (SSSR count). The number of ether oxygens (including phenoxy) is 2. The van der Waals surface area contributed by atoms with Crippen molar-refractivity contribution in [2.45, 2.75) is 39.5 Å². The van der Waals surface area contributed by atoms with Gasteiger partial charge in [-0.05, 0) is 12.8 Å². The maximum Gasteiger partial charge on any atom is 0.334 e. The van der Waals surface area contributed by atoms with E-state index in [1.54, 1.807) is 0 Å². The quantitative estimate of drug-likeness (QED) is 0.516. The van der Waals surface area contributed by atoms with E-state index in [0.717, 1.165) is 12.8 Å². The number of hydrogen-bond donors (Lipinski definition) is 0. The number of esters is 2. The average molecular weight is 228 g/mol. The number of hydrogen-bond acceptors (Lipinski definition) is 4. The Labute approximate surface area is 96.6 Å². The van der Waals surface area contributed by atoms with Gasteiger partial charge in [0.25, 0.3) is 0 Å². The summed E-state index contributed by atoms with van der Waals surface area (Å²) in [6, 6.07) is 0. The van der Waals surface area contributed by atoms with Crippen LogP contribution in [0.5, 0.6) is 0 Å². The zero-order chi connectivity index (χ0) is 12.6. The number of carbonyl (C=O) groups is 2. The van der Waals surface area contributed by atoms with Crippen LogP contribution in [-0.4, -0.2) is 26.2 Å². The Morgan fingerprint density at radius 1 is 0.812 bits per heavy atom.